The second-order valence-corrected chi connectivity index (χ2v) is 5.24. The Hall–Kier alpha value is -1.82. The molecule has 5 nitrogen and oxygen atoms in total. The smallest absolute Gasteiger partial charge is 0.261 e. The summed E-state index contributed by atoms with van der Waals surface area (Å²) in [5, 5.41) is 6.78. The van der Waals surface area contributed by atoms with Gasteiger partial charge in [-0.3, -0.25) is 9.48 Å². The van der Waals surface area contributed by atoms with Crippen LogP contribution in [0.3, 0.4) is 0 Å². The third-order valence-electron chi connectivity index (χ3n) is 2.92. The van der Waals surface area contributed by atoms with Crippen molar-refractivity contribution in [3.8, 4) is 0 Å². The van der Waals surface area contributed by atoms with Gasteiger partial charge in [-0.15, -0.1) is 0 Å². The highest BCUT2D eigenvalue weighted by atomic mass is 79.9. The molecule has 0 radical (unpaired) electrons. The standard InChI is InChI=1S/C13H15BrN4O/c1-7-4-9(5-8(2)11(7)14)17-13(19)10-6-16-18(3)12(10)15/h4-6H,15H2,1-3H3,(H,17,19). The normalized spacial score (nSPS) is 10.5. The lowest BCUT2D eigenvalue weighted by Gasteiger charge is -2.09. The number of carbonyl (C=O) groups excluding carboxylic acids is 1. The number of aryl methyl sites for hydroxylation is 3. The van der Waals surface area contributed by atoms with Gasteiger partial charge in [-0.1, -0.05) is 15.9 Å². The van der Waals surface area contributed by atoms with Crippen molar-refractivity contribution in [2.24, 2.45) is 7.05 Å². The molecule has 0 fully saturated rings. The van der Waals surface area contributed by atoms with E-state index in [1.54, 1.807) is 7.05 Å². The summed E-state index contributed by atoms with van der Waals surface area (Å²) in [6.07, 6.45) is 1.46. The number of nitrogen functional groups attached to an aromatic ring is 1. The van der Waals surface area contributed by atoms with Crippen molar-refractivity contribution in [3.05, 3.63) is 39.5 Å². The Kier molecular flexibility index (Phi) is 3.61. The Labute approximate surface area is 119 Å². The van der Waals surface area contributed by atoms with E-state index in [2.05, 4.69) is 26.3 Å². The zero-order chi connectivity index (χ0) is 14.2. The third kappa shape index (κ3) is 2.63. The molecule has 1 aromatic carbocycles. The van der Waals surface area contributed by atoms with Crippen molar-refractivity contribution in [1.82, 2.24) is 9.78 Å². The molecule has 0 spiro atoms. The molecule has 6 heteroatoms. The van der Waals surface area contributed by atoms with Crippen LogP contribution in [0, 0.1) is 13.8 Å². The molecule has 19 heavy (non-hydrogen) atoms. The number of hydrogen-bond acceptors (Lipinski definition) is 3. The van der Waals surface area contributed by atoms with Crippen LogP contribution in [0.2, 0.25) is 0 Å². The number of nitrogens with two attached hydrogens (primary N) is 1. The molecule has 1 heterocycles. The average molecular weight is 323 g/mol. The molecule has 100 valence electrons. The predicted molar refractivity (Wildman–Crippen MR) is 79.2 cm³/mol. The fourth-order valence-corrected chi connectivity index (χ4v) is 2.07. The van der Waals surface area contributed by atoms with Crippen LogP contribution in [-0.4, -0.2) is 15.7 Å². The maximum atomic E-state index is 12.1. The van der Waals surface area contributed by atoms with E-state index in [1.165, 1.54) is 10.9 Å². The van der Waals surface area contributed by atoms with E-state index in [-0.39, 0.29) is 5.91 Å². The lowest BCUT2D eigenvalue weighted by molar-refractivity contribution is 0.102. The summed E-state index contributed by atoms with van der Waals surface area (Å²) in [6.45, 7) is 3.95. The van der Waals surface area contributed by atoms with Gasteiger partial charge in [-0.05, 0) is 37.1 Å². The van der Waals surface area contributed by atoms with E-state index in [4.69, 9.17) is 5.73 Å². The monoisotopic (exact) mass is 322 g/mol. The van der Waals surface area contributed by atoms with E-state index in [0.29, 0.717) is 11.4 Å². The number of nitrogens with zero attached hydrogens (tertiary/aromatic N) is 2. The van der Waals surface area contributed by atoms with Gasteiger partial charge in [0, 0.05) is 17.2 Å². The van der Waals surface area contributed by atoms with Gasteiger partial charge in [-0.2, -0.15) is 5.10 Å². The summed E-state index contributed by atoms with van der Waals surface area (Å²) in [5.41, 5.74) is 9.02. The van der Waals surface area contributed by atoms with Crippen molar-refractivity contribution < 1.29 is 4.79 Å². The fraction of sp³-hybridized carbons (Fsp3) is 0.231. The van der Waals surface area contributed by atoms with Crippen molar-refractivity contribution in [1.29, 1.82) is 0 Å². The first-order chi connectivity index (χ1) is 8.90. The number of carbonyl (C=O) groups is 1. The van der Waals surface area contributed by atoms with Crippen molar-refractivity contribution in [2.75, 3.05) is 11.1 Å². The molecular formula is C13H15BrN4O. The first kappa shape index (κ1) is 13.6. The number of amides is 1. The molecule has 0 bridgehead atoms. The average Bonchev–Trinajstić information content (AvgIpc) is 2.67. The van der Waals surface area contributed by atoms with Gasteiger partial charge in [0.05, 0.1) is 6.20 Å². The van der Waals surface area contributed by atoms with Crippen LogP contribution in [0.4, 0.5) is 11.5 Å². The molecule has 1 amide bonds. The van der Waals surface area contributed by atoms with E-state index >= 15 is 0 Å². The first-order valence-electron chi connectivity index (χ1n) is 5.75. The maximum absolute atomic E-state index is 12.1. The highest BCUT2D eigenvalue weighted by molar-refractivity contribution is 9.10. The van der Waals surface area contributed by atoms with Gasteiger partial charge in [0.2, 0.25) is 0 Å². The summed E-state index contributed by atoms with van der Waals surface area (Å²) < 4.78 is 2.51. The molecular weight excluding hydrogens is 308 g/mol. The molecule has 0 aliphatic heterocycles. The Morgan fingerprint density at radius 2 is 1.95 bits per heavy atom. The Morgan fingerprint density at radius 1 is 1.37 bits per heavy atom. The second-order valence-electron chi connectivity index (χ2n) is 4.45. The molecule has 3 N–H and O–H groups in total. The molecule has 0 unspecified atom stereocenters. The first-order valence-corrected chi connectivity index (χ1v) is 6.55. The van der Waals surface area contributed by atoms with Gasteiger partial charge in [0.25, 0.3) is 5.91 Å². The molecule has 0 atom stereocenters. The van der Waals surface area contributed by atoms with Gasteiger partial charge in [-0.25, -0.2) is 0 Å². The van der Waals surface area contributed by atoms with Crippen molar-refractivity contribution in [2.45, 2.75) is 13.8 Å². The number of rotatable bonds is 2. The summed E-state index contributed by atoms with van der Waals surface area (Å²) in [7, 11) is 1.69. The van der Waals surface area contributed by atoms with Crippen LogP contribution in [0.5, 0.6) is 0 Å². The van der Waals surface area contributed by atoms with Gasteiger partial charge < -0.3 is 11.1 Å². The zero-order valence-electron chi connectivity index (χ0n) is 11.0. The minimum atomic E-state index is -0.258. The molecule has 0 saturated carbocycles. The van der Waals surface area contributed by atoms with Crippen molar-refractivity contribution in [3.63, 3.8) is 0 Å². The number of nitrogens with one attached hydrogen (secondary N) is 1. The van der Waals surface area contributed by atoms with E-state index in [1.807, 2.05) is 26.0 Å². The van der Waals surface area contributed by atoms with Gasteiger partial charge in [0.15, 0.2) is 0 Å². The second kappa shape index (κ2) is 5.05. The Balaban J connectivity index is 2.27. The predicted octanol–water partition coefficient (Wildman–Crippen LogP) is 2.63. The molecule has 0 aliphatic carbocycles. The minimum absolute atomic E-state index is 0.258. The lowest BCUT2D eigenvalue weighted by atomic mass is 10.1. The lowest BCUT2D eigenvalue weighted by Crippen LogP contribution is -2.14. The maximum Gasteiger partial charge on any atom is 0.261 e. The number of benzene rings is 1. The van der Waals surface area contributed by atoms with E-state index < -0.39 is 0 Å². The Bertz CT molecular complexity index is 625. The van der Waals surface area contributed by atoms with Crippen LogP contribution < -0.4 is 11.1 Å². The largest absolute Gasteiger partial charge is 0.383 e. The van der Waals surface area contributed by atoms with E-state index in [9.17, 15) is 4.79 Å². The quantitative estimate of drug-likeness (QED) is 0.892. The van der Waals surface area contributed by atoms with Crippen LogP contribution >= 0.6 is 15.9 Å². The number of halogens is 1. The number of hydrogen-bond donors (Lipinski definition) is 2. The molecule has 0 saturated heterocycles. The summed E-state index contributed by atoms with van der Waals surface area (Å²) in [5.74, 6) is 0.0924. The molecule has 2 aromatic rings. The van der Waals surface area contributed by atoms with Gasteiger partial charge >= 0.3 is 0 Å². The number of aromatic nitrogens is 2. The summed E-state index contributed by atoms with van der Waals surface area (Å²) in [4.78, 5) is 12.1. The highest BCUT2D eigenvalue weighted by Crippen LogP contribution is 2.25. The topological polar surface area (TPSA) is 72.9 Å². The molecule has 2 rings (SSSR count). The highest BCUT2D eigenvalue weighted by Gasteiger charge is 2.14. The molecule has 1 aromatic heterocycles. The summed E-state index contributed by atoms with van der Waals surface area (Å²) >= 11 is 3.49. The minimum Gasteiger partial charge on any atom is -0.383 e. The SMILES string of the molecule is Cc1cc(NC(=O)c2cnn(C)c2N)cc(C)c1Br. The van der Waals surface area contributed by atoms with Crippen LogP contribution in [0.25, 0.3) is 0 Å². The Morgan fingerprint density at radius 3 is 2.42 bits per heavy atom. The third-order valence-corrected chi connectivity index (χ3v) is 4.17. The fourth-order valence-electron chi connectivity index (χ4n) is 1.84. The zero-order valence-corrected chi connectivity index (χ0v) is 12.6. The van der Waals surface area contributed by atoms with E-state index in [0.717, 1.165) is 21.3 Å². The van der Waals surface area contributed by atoms with Crippen LogP contribution in [0.15, 0.2) is 22.8 Å². The molecule has 0 aliphatic rings. The number of anilines is 2. The van der Waals surface area contributed by atoms with Crippen LogP contribution in [0.1, 0.15) is 21.5 Å². The van der Waals surface area contributed by atoms with Crippen molar-refractivity contribution >= 4 is 33.3 Å². The van der Waals surface area contributed by atoms with Crippen LogP contribution in [-0.2, 0) is 7.05 Å². The van der Waals surface area contributed by atoms with Gasteiger partial charge in [0.1, 0.15) is 11.4 Å². The summed E-state index contributed by atoms with van der Waals surface area (Å²) in [6, 6.07) is 3.81.